The highest BCUT2D eigenvalue weighted by atomic mass is 28.1. The quantitative estimate of drug-likeness (QED) is 0.346. The summed E-state index contributed by atoms with van der Waals surface area (Å²) < 4.78 is 0. The van der Waals surface area contributed by atoms with Crippen LogP contribution in [-0.2, 0) is 0 Å². The number of hydrogen-bond acceptors (Lipinski definition) is 0. The minimum atomic E-state index is 1.10. The number of unbranched alkanes of at least 4 members (excludes halogenated alkanes) is 1. The largest absolute Gasteiger partial charge is 0.103 e. The minimum Gasteiger partial charge on any atom is -0.103 e. The van der Waals surface area contributed by atoms with E-state index in [9.17, 15) is 0 Å². The fourth-order valence-electron chi connectivity index (χ4n) is 0.167. The van der Waals surface area contributed by atoms with Gasteiger partial charge in [0, 0.05) is 19.7 Å². The summed E-state index contributed by atoms with van der Waals surface area (Å²) in [5, 5.41) is 0. The molecule has 6 heavy (non-hydrogen) atoms. The molecule has 0 aromatic rings. The predicted molar refractivity (Wildman–Crippen MR) is 32.9 cm³/mol. The zero-order chi connectivity index (χ0) is 4.83. The van der Waals surface area contributed by atoms with Crippen molar-refractivity contribution in [3.8, 4) is 0 Å². The van der Waals surface area contributed by atoms with Crippen LogP contribution in [0.25, 0.3) is 0 Å². The molecule has 2 heteroatoms. The Hall–Kier alpha value is 0.174. The molecule has 0 aliphatic heterocycles. The van der Waals surface area contributed by atoms with Crippen LogP contribution in [0, 0.1) is 0 Å². The summed E-state index contributed by atoms with van der Waals surface area (Å²) in [7, 11) is 6.45. The maximum absolute atomic E-state index is 3.23. The third-order valence-corrected chi connectivity index (χ3v) is 1.03. The van der Waals surface area contributed by atoms with E-state index in [-0.39, 0.29) is 0 Å². The van der Waals surface area contributed by atoms with Gasteiger partial charge in [-0.15, -0.1) is 11.3 Å². The zero-order valence-corrected chi connectivity index (χ0v) is 5.57. The normalized spacial score (nSPS) is 7.33. The summed E-state index contributed by atoms with van der Waals surface area (Å²) in [6, 6.07) is 0. The Labute approximate surface area is 44.7 Å². The summed E-state index contributed by atoms with van der Waals surface area (Å²) in [5.41, 5.74) is 3.91. The van der Waals surface area contributed by atoms with Crippen LogP contribution in [0.3, 0.4) is 0 Å². The second-order valence-electron chi connectivity index (χ2n) is 0.986. The first kappa shape index (κ1) is 6.17. The molecule has 0 aromatic heterocycles. The summed E-state index contributed by atoms with van der Waals surface area (Å²) in [6.07, 6.45) is 2.20. The molecule has 0 bridgehead atoms. The zero-order valence-electron chi connectivity index (χ0n) is 3.57. The van der Waals surface area contributed by atoms with Crippen LogP contribution in [0.15, 0.2) is 0 Å². The average molecular weight is 110 g/mol. The van der Waals surface area contributed by atoms with Crippen molar-refractivity contribution >= 4 is 31.1 Å². The summed E-state index contributed by atoms with van der Waals surface area (Å²) in [6.45, 7) is 0. The standard InChI is InChI=1S/C4H6Si2/c5-3-1-2-4-6/h3-4H,1-2H2. The second-order valence-corrected chi connectivity index (χ2v) is 1.80. The highest BCUT2D eigenvalue weighted by Gasteiger charge is 1.66. The third kappa shape index (κ3) is 4.17. The second kappa shape index (κ2) is 5.17. The predicted octanol–water partition coefficient (Wildman–Crippen LogP) is -0.292. The molecule has 0 heterocycles. The molecule has 0 aromatic carbocycles. The molecule has 0 rings (SSSR count). The van der Waals surface area contributed by atoms with Crippen molar-refractivity contribution in [2.45, 2.75) is 12.8 Å². The van der Waals surface area contributed by atoms with E-state index >= 15 is 0 Å². The van der Waals surface area contributed by atoms with Gasteiger partial charge in [0.2, 0.25) is 0 Å². The molecule has 0 nitrogen and oxygen atoms in total. The lowest BCUT2D eigenvalue weighted by Gasteiger charge is -1.76. The van der Waals surface area contributed by atoms with Crippen molar-refractivity contribution in [3.05, 3.63) is 0 Å². The van der Waals surface area contributed by atoms with Crippen LogP contribution in [0.1, 0.15) is 12.8 Å². The lowest BCUT2D eigenvalue weighted by Crippen LogP contribution is -1.75. The molecule has 0 atom stereocenters. The van der Waals surface area contributed by atoms with E-state index in [1.807, 2.05) is 11.3 Å². The van der Waals surface area contributed by atoms with Crippen LogP contribution in [0.5, 0.6) is 0 Å². The van der Waals surface area contributed by atoms with Crippen LogP contribution >= 0.6 is 0 Å². The SMILES string of the molecule is [Si]=CCCC=[Si]. The molecule has 0 saturated heterocycles. The van der Waals surface area contributed by atoms with Gasteiger partial charge >= 0.3 is 0 Å². The van der Waals surface area contributed by atoms with Crippen molar-refractivity contribution in [3.63, 3.8) is 0 Å². The summed E-state index contributed by atoms with van der Waals surface area (Å²) in [4.78, 5) is 0. The van der Waals surface area contributed by atoms with Gasteiger partial charge in [-0.2, -0.15) is 0 Å². The third-order valence-electron chi connectivity index (χ3n) is 0.455. The van der Waals surface area contributed by atoms with E-state index in [0.29, 0.717) is 0 Å². The van der Waals surface area contributed by atoms with Gasteiger partial charge in [-0.05, 0) is 12.8 Å². The van der Waals surface area contributed by atoms with Crippen LogP contribution in [0.4, 0.5) is 0 Å². The monoisotopic (exact) mass is 110 g/mol. The van der Waals surface area contributed by atoms with Crippen LogP contribution in [-0.4, -0.2) is 31.1 Å². The topological polar surface area (TPSA) is 0 Å². The Morgan fingerprint density at radius 2 is 1.33 bits per heavy atom. The van der Waals surface area contributed by atoms with Gasteiger partial charge in [0.05, 0.1) is 0 Å². The average Bonchev–Trinajstić information content (AvgIpc) is 1.61. The lowest BCUT2D eigenvalue weighted by atomic mass is 10.4. The van der Waals surface area contributed by atoms with E-state index in [2.05, 4.69) is 19.7 Å². The van der Waals surface area contributed by atoms with E-state index in [4.69, 9.17) is 0 Å². The van der Waals surface area contributed by atoms with Crippen LogP contribution in [0.2, 0.25) is 0 Å². The molecule has 0 fully saturated rings. The van der Waals surface area contributed by atoms with Gasteiger partial charge in [-0.1, -0.05) is 0 Å². The van der Waals surface area contributed by atoms with Crippen molar-refractivity contribution in [2.24, 2.45) is 0 Å². The number of hydrogen-bond donors (Lipinski definition) is 0. The van der Waals surface area contributed by atoms with Crippen molar-refractivity contribution in [1.82, 2.24) is 0 Å². The van der Waals surface area contributed by atoms with Gasteiger partial charge in [-0.25, -0.2) is 0 Å². The fourth-order valence-corrected chi connectivity index (χ4v) is 0.500. The Kier molecular flexibility index (Phi) is 5.32. The van der Waals surface area contributed by atoms with Gasteiger partial charge in [0.25, 0.3) is 0 Å². The van der Waals surface area contributed by atoms with Crippen LogP contribution < -0.4 is 0 Å². The first-order chi connectivity index (χ1) is 2.91. The van der Waals surface area contributed by atoms with E-state index in [1.165, 1.54) is 0 Å². The lowest BCUT2D eigenvalue weighted by molar-refractivity contribution is 1.23. The van der Waals surface area contributed by atoms with Crippen molar-refractivity contribution < 1.29 is 0 Å². The Balaban J connectivity index is 2.66. The Bertz CT molecular complexity index is 41.5. The summed E-state index contributed by atoms with van der Waals surface area (Å²) >= 11 is 0. The Morgan fingerprint density at radius 3 is 1.50 bits per heavy atom. The molecule has 0 aliphatic rings. The van der Waals surface area contributed by atoms with E-state index in [0.717, 1.165) is 12.8 Å². The molecule has 0 unspecified atom stereocenters. The fraction of sp³-hybridized carbons (Fsp3) is 0.500. The minimum absolute atomic E-state index is 1.10. The van der Waals surface area contributed by atoms with Gasteiger partial charge in [-0.3, -0.25) is 0 Å². The smallest absolute Gasteiger partial charge is 0.0248 e. The first-order valence-electron chi connectivity index (χ1n) is 1.89. The Morgan fingerprint density at radius 1 is 1.00 bits per heavy atom. The molecule has 30 valence electrons. The van der Waals surface area contributed by atoms with Gasteiger partial charge < -0.3 is 0 Å². The molecule has 0 spiro atoms. The van der Waals surface area contributed by atoms with Crippen molar-refractivity contribution in [1.29, 1.82) is 0 Å². The van der Waals surface area contributed by atoms with E-state index in [1.54, 1.807) is 0 Å². The number of rotatable bonds is 3. The summed E-state index contributed by atoms with van der Waals surface area (Å²) in [5.74, 6) is 0. The van der Waals surface area contributed by atoms with Crippen molar-refractivity contribution in [2.75, 3.05) is 0 Å². The molecule has 0 amide bonds. The highest BCUT2D eigenvalue weighted by Crippen LogP contribution is 1.72. The molecule has 0 saturated carbocycles. The molecule has 4 radical (unpaired) electrons. The highest BCUT2D eigenvalue weighted by molar-refractivity contribution is 6.30. The van der Waals surface area contributed by atoms with Gasteiger partial charge in [0.15, 0.2) is 0 Å². The first-order valence-corrected chi connectivity index (χ1v) is 3.05. The molecular weight excluding hydrogens is 104 g/mol. The van der Waals surface area contributed by atoms with E-state index < -0.39 is 0 Å². The maximum atomic E-state index is 3.23. The van der Waals surface area contributed by atoms with Gasteiger partial charge in [0.1, 0.15) is 0 Å². The molecule has 0 N–H and O–H groups in total. The molecular formula is C4H6Si2. The maximum Gasteiger partial charge on any atom is 0.0248 e. The molecule has 0 aliphatic carbocycles.